The second-order valence-corrected chi connectivity index (χ2v) is 4.47. The van der Waals surface area contributed by atoms with Gasteiger partial charge in [0.15, 0.2) is 0 Å². The number of carbonyl (C=O) groups excluding carboxylic acids is 1. The maximum absolute atomic E-state index is 12.0. The van der Waals surface area contributed by atoms with Crippen LogP contribution in [0.5, 0.6) is 0 Å². The summed E-state index contributed by atoms with van der Waals surface area (Å²) in [7, 11) is 0. The molecule has 0 aromatic rings. The maximum atomic E-state index is 12.0. The number of ether oxygens (including phenoxy) is 1. The Hall–Kier alpha value is -0.320. The second kappa shape index (κ2) is 7.09. The average Bonchev–Trinajstić information content (AvgIpc) is 2.40. The number of nitrogens with two attached hydrogens (primary N) is 1. The minimum absolute atomic E-state index is 0. The molecule has 4 nitrogen and oxygen atoms in total. The fourth-order valence-electron chi connectivity index (χ4n) is 1.71. The fourth-order valence-corrected chi connectivity index (χ4v) is 1.71. The highest BCUT2D eigenvalue weighted by molar-refractivity contribution is 5.85. The van der Waals surface area contributed by atoms with Gasteiger partial charge in [-0.3, -0.25) is 4.79 Å². The van der Waals surface area contributed by atoms with Crippen molar-refractivity contribution in [2.75, 3.05) is 19.7 Å². The lowest BCUT2D eigenvalue weighted by molar-refractivity contribution is -0.136. The largest absolute Gasteiger partial charge is 0.377 e. The Balaban J connectivity index is 0.00000225. The number of amides is 1. The molecule has 1 aliphatic rings. The summed E-state index contributed by atoms with van der Waals surface area (Å²) in [5.74, 6) is 0.0534. The minimum atomic E-state index is -0.102. The molecule has 0 spiro atoms. The molecule has 3 atom stereocenters. The van der Waals surface area contributed by atoms with Gasteiger partial charge in [0, 0.05) is 25.7 Å². The Morgan fingerprint density at radius 2 is 2.12 bits per heavy atom. The van der Waals surface area contributed by atoms with Crippen molar-refractivity contribution in [1.29, 1.82) is 0 Å². The molecule has 2 N–H and O–H groups in total. The van der Waals surface area contributed by atoms with Crippen LogP contribution in [0.15, 0.2) is 0 Å². The van der Waals surface area contributed by atoms with Crippen LogP contribution in [0.2, 0.25) is 0 Å². The molecular weight excluding hydrogens is 228 g/mol. The fraction of sp³-hybridized carbons (Fsp3) is 0.909. The molecule has 0 saturated carbocycles. The maximum Gasteiger partial charge on any atom is 0.227 e. The SMILES string of the molecule is CC1CN(C(=O)C(C)C(C)N)CCCO1.Cl. The normalized spacial score (nSPS) is 25.2. The van der Waals surface area contributed by atoms with E-state index in [1.165, 1.54) is 0 Å². The van der Waals surface area contributed by atoms with E-state index in [-0.39, 0.29) is 36.4 Å². The highest BCUT2D eigenvalue weighted by Gasteiger charge is 2.25. The Morgan fingerprint density at radius 1 is 1.50 bits per heavy atom. The average molecular weight is 251 g/mol. The molecule has 1 saturated heterocycles. The minimum Gasteiger partial charge on any atom is -0.377 e. The molecule has 5 heteroatoms. The lowest BCUT2D eigenvalue weighted by atomic mass is 10.0. The Labute approximate surface area is 104 Å². The molecule has 0 radical (unpaired) electrons. The van der Waals surface area contributed by atoms with Gasteiger partial charge in [-0.05, 0) is 20.3 Å². The summed E-state index contributed by atoms with van der Waals surface area (Å²) in [5.41, 5.74) is 5.74. The molecule has 0 aromatic heterocycles. The van der Waals surface area contributed by atoms with Crippen LogP contribution < -0.4 is 5.73 Å². The zero-order chi connectivity index (χ0) is 11.4. The Morgan fingerprint density at radius 3 is 2.69 bits per heavy atom. The molecule has 1 fully saturated rings. The number of hydrogen-bond donors (Lipinski definition) is 1. The van der Waals surface area contributed by atoms with Gasteiger partial charge >= 0.3 is 0 Å². The lowest BCUT2D eigenvalue weighted by Gasteiger charge is -2.26. The van der Waals surface area contributed by atoms with E-state index in [0.29, 0.717) is 6.54 Å². The highest BCUT2D eigenvalue weighted by Crippen LogP contribution is 2.11. The number of rotatable bonds is 2. The van der Waals surface area contributed by atoms with Gasteiger partial charge in [-0.1, -0.05) is 6.92 Å². The van der Waals surface area contributed by atoms with Gasteiger partial charge in [-0.2, -0.15) is 0 Å². The first-order valence-corrected chi connectivity index (χ1v) is 5.68. The van der Waals surface area contributed by atoms with Gasteiger partial charge in [-0.15, -0.1) is 12.4 Å². The smallest absolute Gasteiger partial charge is 0.227 e. The summed E-state index contributed by atoms with van der Waals surface area (Å²) < 4.78 is 5.50. The van der Waals surface area contributed by atoms with Gasteiger partial charge in [-0.25, -0.2) is 0 Å². The molecule has 1 amide bonds. The van der Waals surface area contributed by atoms with Crippen LogP contribution in [0.3, 0.4) is 0 Å². The van der Waals surface area contributed by atoms with E-state index in [4.69, 9.17) is 10.5 Å². The van der Waals surface area contributed by atoms with E-state index in [1.807, 2.05) is 25.7 Å². The van der Waals surface area contributed by atoms with Crippen molar-refractivity contribution in [3.8, 4) is 0 Å². The van der Waals surface area contributed by atoms with Gasteiger partial charge < -0.3 is 15.4 Å². The predicted molar refractivity (Wildman–Crippen MR) is 66.7 cm³/mol. The summed E-state index contributed by atoms with van der Waals surface area (Å²) >= 11 is 0. The topological polar surface area (TPSA) is 55.6 Å². The molecule has 0 aromatic carbocycles. The van der Waals surface area contributed by atoms with Crippen molar-refractivity contribution in [3.05, 3.63) is 0 Å². The number of halogens is 1. The Kier molecular flexibility index (Phi) is 6.95. The van der Waals surface area contributed by atoms with Crippen molar-refractivity contribution in [3.63, 3.8) is 0 Å². The number of nitrogens with zero attached hydrogens (tertiary/aromatic N) is 1. The van der Waals surface area contributed by atoms with E-state index in [9.17, 15) is 4.79 Å². The quantitative estimate of drug-likeness (QED) is 0.797. The zero-order valence-electron chi connectivity index (χ0n) is 10.3. The molecule has 96 valence electrons. The molecular formula is C11H23ClN2O2. The van der Waals surface area contributed by atoms with Gasteiger partial charge in [0.2, 0.25) is 5.91 Å². The predicted octanol–water partition coefficient (Wildman–Crippen LogP) is 1.03. The van der Waals surface area contributed by atoms with E-state index >= 15 is 0 Å². The molecule has 1 rings (SSSR count). The van der Waals surface area contributed by atoms with E-state index in [1.54, 1.807) is 0 Å². The summed E-state index contributed by atoms with van der Waals surface area (Å²) in [5, 5.41) is 0. The summed E-state index contributed by atoms with van der Waals surface area (Å²) in [6.07, 6.45) is 1.05. The third kappa shape index (κ3) is 4.28. The molecule has 3 unspecified atom stereocenters. The van der Waals surface area contributed by atoms with Crippen molar-refractivity contribution in [2.45, 2.75) is 39.3 Å². The summed E-state index contributed by atoms with van der Waals surface area (Å²) in [4.78, 5) is 13.9. The summed E-state index contributed by atoms with van der Waals surface area (Å²) in [6, 6.07) is -0.0861. The van der Waals surface area contributed by atoms with Gasteiger partial charge in [0.05, 0.1) is 12.0 Å². The number of hydrogen-bond acceptors (Lipinski definition) is 3. The second-order valence-electron chi connectivity index (χ2n) is 4.47. The standard InChI is InChI=1S/C11H22N2O2.ClH/c1-8-7-13(5-4-6-15-8)11(14)9(2)10(3)12;/h8-10H,4-7,12H2,1-3H3;1H. The van der Waals surface area contributed by atoms with Crippen LogP contribution in [0, 0.1) is 5.92 Å². The number of carbonyl (C=O) groups is 1. The van der Waals surface area contributed by atoms with Crippen molar-refractivity contribution in [1.82, 2.24) is 4.90 Å². The molecule has 0 bridgehead atoms. The first-order valence-electron chi connectivity index (χ1n) is 5.68. The van der Waals surface area contributed by atoms with Crippen LogP contribution in [0.25, 0.3) is 0 Å². The van der Waals surface area contributed by atoms with Crippen LogP contribution in [-0.2, 0) is 9.53 Å². The lowest BCUT2D eigenvalue weighted by Crippen LogP contribution is -2.44. The van der Waals surface area contributed by atoms with Crippen LogP contribution >= 0.6 is 12.4 Å². The molecule has 1 heterocycles. The Bertz CT molecular complexity index is 224. The first kappa shape index (κ1) is 15.7. The van der Waals surface area contributed by atoms with Crippen molar-refractivity contribution in [2.24, 2.45) is 11.7 Å². The third-order valence-corrected chi connectivity index (χ3v) is 2.94. The third-order valence-electron chi connectivity index (χ3n) is 2.94. The summed E-state index contributed by atoms with van der Waals surface area (Å²) in [6.45, 7) is 8.00. The van der Waals surface area contributed by atoms with Crippen LogP contribution in [-0.4, -0.2) is 42.6 Å². The van der Waals surface area contributed by atoms with E-state index in [0.717, 1.165) is 19.6 Å². The van der Waals surface area contributed by atoms with E-state index < -0.39 is 0 Å². The van der Waals surface area contributed by atoms with Crippen molar-refractivity contribution >= 4 is 18.3 Å². The molecule has 0 aliphatic carbocycles. The zero-order valence-corrected chi connectivity index (χ0v) is 11.1. The van der Waals surface area contributed by atoms with Gasteiger partial charge in [0.1, 0.15) is 0 Å². The molecule has 1 aliphatic heterocycles. The monoisotopic (exact) mass is 250 g/mol. The van der Waals surface area contributed by atoms with E-state index in [2.05, 4.69) is 0 Å². The van der Waals surface area contributed by atoms with Gasteiger partial charge in [0.25, 0.3) is 0 Å². The highest BCUT2D eigenvalue weighted by atomic mass is 35.5. The van der Waals surface area contributed by atoms with Crippen LogP contribution in [0.4, 0.5) is 0 Å². The molecule has 16 heavy (non-hydrogen) atoms. The van der Waals surface area contributed by atoms with Crippen LogP contribution in [0.1, 0.15) is 27.2 Å². The van der Waals surface area contributed by atoms with Crippen molar-refractivity contribution < 1.29 is 9.53 Å². The first-order chi connectivity index (χ1) is 7.02.